The van der Waals surface area contributed by atoms with Gasteiger partial charge in [-0.05, 0) is 34.1 Å². The third-order valence-corrected chi connectivity index (χ3v) is 3.50. The van der Waals surface area contributed by atoms with Crippen molar-refractivity contribution >= 4 is 33.4 Å². The molecule has 0 atom stereocenters. The van der Waals surface area contributed by atoms with Gasteiger partial charge in [0.1, 0.15) is 5.75 Å². The first-order chi connectivity index (χ1) is 9.56. The van der Waals surface area contributed by atoms with E-state index in [0.29, 0.717) is 17.3 Å². The Labute approximate surface area is 130 Å². The standard InChI is InChI=1S/C13H13BrClN3O2/c1-18(7-9-5-16-17-6-9)13(19)8-20-12-3-2-10(15)4-11(12)14/h2-6H,7-8H2,1H3,(H,16,17). The second-order valence-electron chi connectivity index (χ2n) is 4.22. The third kappa shape index (κ3) is 3.98. The molecule has 0 bridgehead atoms. The van der Waals surface area contributed by atoms with Crippen molar-refractivity contribution in [3.05, 3.63) is 45.7 Å². The number of H-pyrrole nitrogens is 1. The summed E-state index contributed by atoms with van der Waals surface area (Å²) in [7, 11) is 1.72. The molecule has 2 aromatic rings. The molecule has 1 N–H and O–H groups in total. The number of hydrogen-bond donors (Lipinski definition) is 1. The van der Waals surface area contributed by atoms with Crippen LogP contribution in [0, 0.1) is 0 Å². The first-order valence-electron chi connectivity index (χ1n) is 5.85. The maximum absolute atomic E-state index is 11.9. The molecule has 0 spiro atoms. The molecule has 0 saturated heterocycles. The monoisotopic (exact) mass is 357 g/mol. The van der Waals surface area contributed by atoms with Gasteiger partial charge < -0.3 is 9.64 Å². The zero-order valence-electron chi connectivity index (χ0n) is 10.8. The topological polar surface area (TPSA) is 58.2 Å². The maximum atomic E-state index is 11.9. The summed E-state index contributed by atoms with van der Waals surface area (Å²) in [6.07, 6.45) is 3.43. The molecule has 7 heteroatoms. The number of aromatic amines is 1. The van der Waals surface area contributed by atoms with Gasteiger partial charge in [-0.15, -0.1) is 0 Å². The lowest BCUT2D eigenvalue weighted by atomic mass is 10.3. The minimum absolute atomic E-state index is 0.0332. The van der Waals surface area contributed by atoms with Crippen molar-refractivity contribution in [3.63, 3.8) is 0 Å². The van der Waals surface area contributed by atoms with Crippen molar-refractivity contribution in [2.24, 2.45) is 0 Å². The average Bonchev–Trinajstić information content (AvgIpc) is 2.90. The number of likely N-dealkylation sites (N-methyl/N-ethyl adjacent to an activating group) is 1. The predicted molar refractivity (Wildman–Crippen MR) is 79.7 cm³/mol. The summed E-state index contributed by atoms with van der Waals surface area (Å²) < 4.78 is 6.19. The Balaban J connectivity index is 1.88. The number of aromatic nitrogens is 2. The lowest BCUT2D eigenvalue weighted by molar-refractivity contribution is -0.132. The molecule has 1 aromatic carbocycles. The quantitative estimate of drug-likeness (QED) is 0.894. The maximum Gasteiger partial charge on any atom is 0.260 e. The number of hydrogen-bond acceptors (Lipinski definition) is 3. The Morgan fingerprint density at radius 3 is 3.00 bits per heavy atom. The summed E-state index contributed by atoms with van der Waals surface area (Å²) in [5, 5.41) is 7.15. The zero-order chi connectivity index (χ0) is 14.5. The molecule has 0 aliphatic rings. The summed E-state index contributed by atoms with van der Waals surface area (Å²) >= 11 is 9.18. The normalized spacial score (nSPS) is 10.3. The number of halogens is 2. The van der Waals surface area contributed by atoms with Gasteiger partial charge in [0, 0.05) is 30.4 Å². The van der Waals surface area contributed by atoms with Crippen molar-refractivity contribution in [2.75, 3.05) is 13.7 Å². The van der Waals surface area contributed by atoms with Crippen LogP contribution in [0.3, 0.4) is 0 Å². The molecule has 106 valence electrons. The van der Waals surface area contributed by atoms with Crippen LogP contribution >= 0.6 is 27.5 Å². The number of rotatable bonds is 5. The van der Waals surface area contributed by atoms with Crippen LogP contribution in [0.4, 0.5) is 0 Å². The fourth-order valence-corrected chi connectivity index (χ4v) is 2.37. The summed E-state index contributed by atoms with van der Waals surface area (Å²) in [6, 6.07) is 5.15. The number of ether oxygens (including phenoxy) is 1. The molecule has 5 nitrogen and oxygen atoms in total. The van der Waals surface area contributed by atoms with Gasteiger partial charge in [0.2, 0.25) is 0 Å². The van der Waals surface area contributed by atoms with E-state index in [-0.39, 0.29) is 12.5 Å². The van der Waals surface area contributed by atoms with E-state index in [1.165, 1.54) is 0 Å². The van der Waals surface area contributed by atoms with Crippen LogP contribution in [-0.2, 0) is 11.3 Å². The largest absolute Gasteiger partial charge is 0.483 e. The molecule has 0 radical (unpaired) electrons. The van der Waals surface area contributed by atoms with E-state index in [2.05, 4.69) is 26.1 Å². The van der Waals surface area contributed by atoms with Crippen LogP contribution in [0.1, 0.15) is 5.56 Å². The molecular weight excluding hydrogens is 346 g/mol. The van der Waals surface area contributed by atoms with Crippen molar-refractivity contribution in [1.29, 1.82) is 0 Å². The van der Waals surface area contributed by atoms with E-state index >= 15 is 0 Å². The first-order valence-corrected chi connectivity index (χ1v) is 7.03. The molecule has 1 amide bonds. The number of amides is 1. The van der Waals surface area contributed by atoms with Crippen LogP contribution in [0.5, 0.6) is 5.75 Å². The Kier molecular flexibility index (Phi) is 5.03. The Hall–Kier alpha value is -1.53. The van der Waals surface area contributed by atoms with Crippen LogP contribution in [0.15, 0.2) is 35.1 Å². The Morgan fingerprint density at radius 2 is 2.35 bits per heavy atom. The van der Waals surface area contributed by atoms with E-state index in [1.54, 1.807) is 42.5 Å². The predicted octanol–water partition coefficient (Wildman–Crippen LogP) is 2.86. The van der Waals surface area contributed by atoms with Crippen LogP contribution in [-0.4, -0.2) is 34.7 Å². The minimum atomic E-state index is -0.118. The van der Waals surface area contributed by atoms with E-state index in [9.17, 15) is 4.79 Å². The second kappa shape index (κ2) is 6.76. The van der Waals surface area contributed by atoms with Gasteiger partial charge in [0.25, 0.3) is 5.91 Å². The van der Waals surface area contributed by atoms with Gasteiger partial charge in [-0.2, -0.15) is 5.10 Å². The SMILES string of the molecule is CN(Cc1cn[nH]c1)C(=O)COc1ccc(Cl)cc1Br. The molecule has 2 rings (SSSR count). The minimum Gasteiger partial charge on any atom is -0.483 e. The van der Waals surface area contributed by atoms with Crippen LogP contribution < -0.4 is 4.74 Å². The van der Waals surface area contributed by atoms with E-state index in [4.69, 9.17) is 16.3 Å². The number of benzene rings is 1. The molecular formula is C13H13BrClN3O2. The Bertz CT molecular complexity index is 589. The van der Waals surface area contributed by atoms with Crippen LogP contribution in [0.25, 0.3) is 0 Å². The number of nitrogens with zero attached hydrogens (tertiary/aromatic N) is 2. The Morgan fingerprint density at radius 1 is 1.55 bits per heavy atom. The van der Waals surface area contributed by atoms with Gasteiger partial charge in [-0.1, -0.05) is 11.6 Å². The third-order valence-electron chi connectivity index (χ3n) is 2.65. The van der Waals surface area contributed by atoms with E-state index in [1.807, 2.05) is 0 Å². The summed E-state index contributed by atoms with van der Waals surface area (Å²) in [6.45, 7) is 0.453. The molecule has 0 unspecified atom stereocenters. The van der Waals surface area contributed by atoms with Crippen LogP contribution in [0.2, 0.25) is 5.02 Å². The van der Waals surface area contributed by atoms with E-state index < -0.39 is 0 Å². The number of nitrogens with one attached hydrogen (secondary N) is 1. The summed E-state index contributed by atoms with van der Waals surface area (Å²) in [4.78, 5) is 13.5. The van der Waals surface area contributed by atoms with Gasteiger partial charge in [0.15, 0.2) is 6.61 Å². The highest BCUT2D eigenvalue weighted by molar-refractivity contribution is 9.10. The molecule has 1 heterocycles. The lowest BCUT2D eigenvalue weighted by Gasteiger charge is -2.17. The summed E-state index contributed by atoms with van der Waals surface area (Å²) in [5.41, 5.74) is 0.938. The van der Waals surface area contributed by atoms with Gasteiger partial charge in [-0.3, -0.25) is 9.89 Å². The molecule has 0 fully saturated rings. The lowest BCUT2D eigenvalue weighted by Crippen LogP contribution is -2.30. The second-order valence-corrected chi connectivity index (χ2v) is 5.51. The van der Waals surface area contributed by atoms with Gasteiger partial charge >= 0.3 is 0 Å². The van der Waals surface area contributed by atoms with Crippen molar-refractivity contribution in [2.45, 2.75) is 6.54 Å². The molecule has 0 aliphatic carbocycles. The summed E-state index contributed by atoms with van der Waals surface area (Å²) in [5.74, 6) is 0.465. The molecule has 20 heavy (non-hydrogen) atoms. The highest BCUT2D eigenvalue weighted by Gasteiger charge is 2.11. The number of carbonyl (C=O) groups is 1. The smallest absolute Gasteiger partial charge is 0.260 e. The van der Waals surface area contributed by atoms with Crippen molar-refractivity contribution in [3.8, 4) is 5.75 Å². The zero-order valence-corrected chi connectivity index (χ0v) is 13.1. The van der Waals surface area contributed by atoms with Crippen molar-refractivity contribution < 1.29 is 9.53 Å². The van der Waals surface area contributed by atoms with Gasteiger partial charge in [0.05, 0.1) is 10.7 Å². The average molecular weight is 359 g/mol. The molecule has 0 aliphatic heterocycles. The fraction of sp³-hybridized carbons (Fsp3) is 0.231. The van der Waals surface area contributed by atoms with Gasteiger partial charge in [-0.25, -0.2) is 0 Å². The molecule has 0 saturated carbocycles. The first kappa shape index (κ1) is 14.9. The fourth-order valence-electron chi connectivity index (χ4n) is 1.57. The highest BCUT2D eigenvalue weighted by Crippen LogP contribution is 2.27. The highest BCUT2D eigenvalue weighted by atomic mass is 79.9. The molecule has 1 aromatic heterocycles. The van der Waals surface area contributed by atoms with E-state index in [0.717, 1.165) is 10.0 Å². The van der Waals surface area contributed by atoms with Crippen molar-refractivity contribution in [1.82, 2.24) is 15.1 Å². The number of carbonyl (C=O) groups excluding carboxylic acids is 1.